The van der Waals surface area contributed by atoms with Crippen LogP contribution in [0.1, 0.15) is 19.3 Å². The number of carbonyl (C=O) groups excluding carboxylic acids is 1. The lowest BCUT2D eigenvalue weighted by Crippen LogP contribution is -2.35. The van der Waals surface area contributed by atoms with Crippen molar-refractivity contribution in [2.75, 3.05) is 25.5 Å². The Morgan fingerprint density at radius 1 is 1.40 bits per heavy atom. The number of likely N-dealkylation sites (N-methyl/N-ethyl adjacent to an activating group) is 1. The second kappa shape index (κ2) is 7.07. The van der Waals surface area contributed by atoms with Crippen molar-refractivity contribution < 1.29 is 9.90 Å². The molecule has 2 rings (SSSR count). The summed E-state index contributed by atoms with van der Waals surface area (Å²) in [5, 5.41) is 13.3. The van der Waals surface area contributed by atoms with E-state index in [1.54, 1.807) is 24.3 Å². The molecule has 0 radical (unpaired) electrons. The molecule has 0 heterocycles. The number of anilines is 1. The normalized spacial score (nSPS) is 22.2. The van der Waals surface area contributed by atoms with Crippen molar-refractivity contribution in [3.63, 3.8) is 0 Å². The maximum absolute atomic E-state index is 11.9. The maximum atomic E-state index is 11.9. The summed E-state index contributed by atoms with van der Waals surface area (Å²) in [5.41, 5.74) is 0.744. The fraction of sp³-hybridized carbons (Fsp3) is 0.533. The molecule has 1 aromatic carbocycles. The third kappa shape index (κ3) is 4.47. The Labute approximate surface area is 124 Å². The van der Waals surface area contributed by atoms with Crippen molar-refractivity contribution in [1.82, 2.24) is 4.90 Å². The van der Waals surface area contributed by atoms with Gasteiger partial charge in [0, 0.05) is 17.3 Å². The fourth-order valence-electron chi connectivity index (χ4n) is 2.67. The molecule has 0 aromatic heterocycles. The average molecular weight is 297 g/mol. The fourth-order valence-corrected chi connectivity index (χ4v) is 2.80. The number of carbonyl (C=O) groups is 1. The van der Waals surface area contributed by atoms with Crippen LogP contribution >= 0.6 is 11.6 Å². The number of halogens is 1. The molecule has 2 N–H and O–H groups in total. The molecule has 1 aliphatic rings. The van der Waals surface area contributed by atoms with Crippen LogP contribution in [0.25, 0.3) is 0 Å². The maximum Gasteiger partial charge on any atom is 0.238 e. The third-order valence-corrected chi connectivity index (χ3v) is 3.96. The molecule has 1 amide bonds. The van der Waals surface area contributed by atoms with E-state index in [4.69, 9.17) is 11.6 Å². The topological polar surface area (TPSA) is 52.6 Å². The number of benzene rings is 1. The molecular weight excluding hydrogens is 276 g/mol. The summed E-state index contributed by atoms with van der Waals surface area (Å²) in [6.45, 7) is 1.08. The number of rotatable bonds is 5. The Kier molecular flexibility index (Phi) is 5.40. The van der Waals surface area contributed by atoms with Crippen LogP contribution in [-0.4, -0.2) is 42.2 Å². The first-order valence-electron chi connectivity index (χ1n) is 6.96. The van der Waals surface area contributed by atoms with E-state index in [-0.39, 0.29) is 12.0 Å². The first-order valence-corrected chi connectivity index (χ1v) is 7.34. The highest BCUT2D eigenvalue weighted by molar-refractivity contribution is 6.30. The van der Waals surface area contributed by atoms with E-state index < -0.39 is 0 Å². The summed E-state index contributed by atoms with van der Waals surface area (Å²) in [5.74, 6) is 0.241. The quantitative estimate of drug-likeness (QED) is 0.877. The number of aliphatic hydroxyl groups is 1. The largest absolute Gasteiger partial charge is 0.393 e. The van der Waals surface area contributed by atoms with Gasteiger partial charge >= 0.3 is 0 Å². The van der Waals surface area contributed by atoms with Crippen LogP contribution in [0.2, 0.25) is 5.02 Å². The Morgan fingerprint density at radius 3 is 2.70 bits per heavy atom. The number of amides is 1. The van der Waals surface area contributed by atoms with Gasteiger partial charge in [-0.2, -0.15) is 0 Å². The second-order valence-corrected chi connectivity index (χ2v) is 5.95. The van der Waals surface area contributed by atoms with Gasteiger partial charge in [-0.25, -0.2) is 0 Å². The van der Waals surface area contributed by atoms with Gasteiger partial charge in [-0.15, -0.1) is 0 Å². The Balaban J connectivity index is 1.77. The highest BCUT2D eigenvalue weighted by Crippen LogP contribution is 2.25. The molecule has 2 unspecified atom stereocenters. The molecule has 20 heavy (non-hydrogen) atoms. The van der Waals surface area contributed by atoms with Crippen LogP contribution in [-0.2, 0) is 4.79 Å². The first-order chi connectivity index (χ1) is 9.54. The van der Waals surface area contributed by atoms with Gasteiger partial charge in [-0.3, -0.25) is 9.69 Å². The zero-order chi connectivity index (χ0) is 14.5. The van der Waals surface area contributed by atoms with Gasteiger partial charge in [0.25, 0.3) is 0 Å². The van der Waals surface area contributed by atoms with Crippen LogP contribution < -0.4 is 5.32 Å². The van der Waals surface area contributed by atoms with Gasteiger partial charge < -0.3 is 10.4 Å². The lowest BCUT2D eigenvalue weighted by molar-refractivity contribution is -0.117. The summed E-state index contributed by atoms with van der Waals surface area (Å²) in [6, 6.07) is 7.05. The monoisotopic (exact) mass is 296 g/mol. The molecule has 5 heteroatoms. The third-order valence-electron chi connectivity index (χ3n) is 3.71. The molecule has 1 fully saturated rings. The van der Waals surface area contributed by atoms with Gasteiger partial charge in [-0.1, -0.05) is 18.0 Å². The molecule has 0 saturated heterocycles. The molecular formula is C15H21ClN2O2. The number of aliphatic hydroxyl groups excluding tert-OH is 1. The molecule has 0 bridgehead atoms. The van der Waals surface area contributed by atoms with Gasteiger partial charge in [0.2, 0.25) is 5.91 Å². The van der Waals surface area contributed by atoms with Crippen molar-refractivity contribution in [1.29, 1.82) is 0 Å². The Morgan fingerprint density at radius 2 is 2.10 bits per heavy atom. The number of hydrogen-bond donors (Lipinski definition) is 2. The van der Waals surface area contributed by atoms with Gasteiger partial charge in [0.15, 0.2) is 0 Å². The minimum atomic E-state index is -0.211. The minimum Gasteiger partial charge on any atom is -0.393 e. The van der Waals surface area contributed by atoms with Crippen LogP contribution in [0.3, 0.4) is 0 Å². The summed E-state index contributed by atoms with van der Waals surface area (Å²) in [4.78, 5) is 13.9. The number of nitrogens with one attached hydrogen (secondary N) is 1. The SMILES string of the molecule is CN(CC(=O)Nc1ccc(Cl)cc1)CC1CCCC1O. The van der Waals surface area contributed by atoms with E-state index in [9.17, 15) is 9.90 Å². The second-order valence-electron chi connectivity index (χ2n) is 5.51. The van der Waals surface area contributed by atoms with Crippen molar-refractivity contribution in [2.24, 2.45) is 5.92 Å². The molecule has 4 nitrogen and oxygen atoms in total. The van der Waals surface area contributed by atoms with Gasteiger partial charge in [0.05, 0.1) is 12.6 Å². The van der Waals surface area contributed by atoms with Gasteiger partial charge in [0.1, 0.15) is 0 Å². The Bertz CT molecular complexity index is 450. The molecule has 1 aliphatic carbocycles. The van der Waals surface area contributed by atoms with Crippen LogP contribution in [0.15, 0.2) is 24.3 Å². The van der Waals surface area contributed by atoms with Crippen LogP contribution in [0, 0.1) is 5.92 Å². The van der Waals surface area contributed by atoms with E-state index in [0.29, 0.717) is 17.5 Å². The highest BCUT2D eigenvalue weighted by Gasteiger charge is 2.26. The summed E-state index contributed by atoms with van der Waals surface area (Å²) < 4.78 is 0. The smallest absolute Gasteiger partial charge is 0.238 e. The van der Waals surface area contributed by atoms with Crippen LogP contribution in [0.4, 0.5) is 5.69 Å². The lowest BCUT2D eigenvalue weighted by Gasteiger charge is -2.22. The van der Waals surface area contributed by atoms with E-state index >= 15 is 0 Å². The molecule has 110 valence electrons. The standard InChI is InChI=1S/C15H21ClN2O2/c1-18(9-11-3-2-4-14(11)19)10-15(20)17-13-7-5-12(16)6-8-13/h5-8,11,14,19H,2-4,9-10H2,1H3,(H,17,20). The van der Waals surface area contributed by atoms with Crippen molar-refractivity contribution in [3.05, 3.63) is 29.3 Å². The molecule has 2 atom stereocenters. The van der Waals surface area contributed by atoms with E-state index in [1.165, 1.54) is 0 Å². The van der Waals surface area contributed by atoms with E-state index in [0.717, 1.165) is 31.5 Å². The number of hydrogen-bond acceptors (Lipinski definition) is 3. The minimum absolute atomic E-state index is 0.0534. The predicted molar refractivity (Wildman–Crippen MR) is 80.9 cm³/mol. The number of nitrogens with zero attached hydrogens (tertiary/aromatic N) is 1. The molecule has 1 aromatic rings. The zero-order valence-electron chi connectivity index (χ0n) is 11.7. The Hall–Kier alpha value is -1.10. The van der Waals surface area contributed by atoms with E-state index in [2.05, 4.69) is 5.32 Å². The highest BCUT2D eigenvalue weighted by atomic mass is 35.5. The van der Waals surface area contributed by atoms with Gasteiger partial charge in [-0.05, 0) is 50.1 Å². The van der Waals surface area contributed by atoms with Crippen LogP contribution in [0.5, 0.6) is 0 Å². The van der Waals surface area contributed by atoms with Crippen molar-refractivity contribution >= 4 is 23.2 Å². The lowest BCUT2D eigenvalue weighted by atomic mass is 10.1. The van der Waals surface area contributed by atoms with Crippen molar-refractivity contribution in [3.8, 4) is 0 Å². The molecule has 0 aliphatic heterocycles. The average Bonchev–Trinajstić information content (AvgIpc) is 2.77. The van der Waals surface area contributed by atoms with Crippen molar-refractivity contribution in [2.45, 2.75) is 25.4 Å². The zero-order valence-corrected chi connectivity index (χ0v) is 12.4. The molecule has 0 spiro atoms. The molecule has 1 saturated carbocycles. The summed E-state index contributed by atoms with van der Waals surface area (Å²) in [6.07, 6.45) is 2.80. The first kappa shape index (κ1) is 15.3. The summed E-state index contributed by atoms with van der Waals surface area (Å²) in [7, 11) is 1.91. The summed E-state index contributed by atoms with van der Waals surface area (Å²) >= 11 is 5.80. The predicted octanol–water partition coefficient (Wildman–Crippen LogP) is 2.37. The van der Waals surface area contributed by atoms with E-state index in [1.807, 2.05) is 11.9 Å².